The van der Waals surface area contributed by atoms with Crippen molar-refractivity contribution in [2.75, 3.05) is 0 Å². The molecule has 2 aromatic rings. The van der Waals surface area contributed by atoms with E-state index in [1.807, 2.05) is 0 Å². The van der Waals surface area contributed by atoms with Crippen molar-refractivity contribution in [2.45, 2.75) is 122 Å². The summed E-state index contributed by atoms with van der Waals surface area (Å²) >= 11 is 2.72. The molecule has 0 radical (unpaired) electrons. The molecule has 0 saturated heterocycles. The molecule has 0 unspecified atom stereocenters. The fourth-order valence-electron chi connectivity index (χ4n) is 5.05. The first-order chi connectivity index (χ1) is 25.0. The molecule has 0 N–H and O–H groups in total. The Balaban J connectivity index is 0. The molecule has 0 nitrogen and oxygen atoms in total. The van der Waals surface area contributed by atoms with Crippen molar-refractivity contribution in [2.24, 2.45) is 21.7 Å². The first-order valence-corrected chi connectivity index (χ1v) is 34.1. The van der Waals surface area contributed by atoms with Crippen LogP contribution in [0.25, 0.3) is 0 Å². The van der Waals surface area contributed by atoms with E-state index in [4.69, 9.17) is 0 Å². The van der Waals surface area contributed by atoms with Crippen molar-refractivity contribution in [3.63, 3.8) is 0 Å². The maximum absolute atomic E-state index is 3.16. The fraction of sp³-hybridized carbons (Fsp3) is 0.440. The molecular weight excluding hydrogens is 1080 g/mol. The first kappa shape index (κ1) is 57.2. The van der Waals surface area contributed by atoms with Crippen LogP contribution in [-0.2, 0) is 46.0 Å². The summed E-state index contributed by atoms with van der Waals surface area (Å²) in [6.45, 7) is 31.4. The van der Waals surface area contributed by atoms with E-state index in [0.29, 0.717) is 21.7 Å². The summed E-state index contributed by atoms with van der Waals surface area (Å²) in [5.41, 5.74) is 6.82. The number of allylic oxidation sites excluding steroid dienone is 16. The molecule has 0 heterocycles. The van der Waals surface area contributed by atoms with E-state index < -0.39 is 0 Å². The Morgan fingerprint density at radius 3 is 0.679 bits per heavy atom. The first-order valence-electron chi connectivity index (χ1n) is 19.3. The zero-order valence-corrected chi connectivity index (χ0v) is 47.7. The molecule has 0 amide bonds. The summed E-state index contributed by atoms with van der Waals surface area (Å²) in [6, 6.07) is 21.6. The minimum Gasteiger partial charge on any atom is -1.00 e. The molecule has 0 spiro atoms. The fourth-order valence-corrected chi connectivity index (χ4v) is 10.0. The Labute approximate surface area is 387 Å². The summed E-state index contributed by atoms with van der Waals surface area (Å²) in [7, 11) is 0. The molecule has 6 heteroatoms. The molecule has 0 bridgehead atoms. The van der Waals surface area contributed by atoms with Crippen LogP contribution in [0.1, 0.15) is 109 Å². The summed E-state index contributed by atoms with van der Waals surface area (Å²) in [5, 5.41) is 3.16. The number of hydrogen-bond acceptors (Lipinski definition) is 0. The van der Waals surface area contributed by atoms with Gasteiger partial charge in [0.25, 0.3) is 0 Å². The third-order valence-corrected chi connectivity index (χ3v) is 17.3. The Kier molecular flexibility index (Phi) is 29.2. The quantitative estimate of drug-likeness (QED) is 0.225. The average molecular weight is 1150 g/mol. The van der Waals surface area contributed by atoms with Crippen LogP contribution in [0.2, 0.25) is 13.1 Å². The Hall–Kier alpha value is -0.886. The van der Waals surface area contributed by atoms with E-state index in [0.717, 1.165) is 25.7 Å². The van der Waals surface area contributed by atoms with Crippen molar-refractivity contribution in [1.82, 2.24) is 0 Å². The van der Waals surface area contributed by atoms with Crippen molar-refractivity contribution in [3.05, 3.63) is 156 Å². The van der Waals surface area contributed by atoms with Gasteiger partial charge in [0.05, 0.1) is 0 Å². The van der Waals surface area contributed by atoms with Crippen LogP contribution >= 0.6 is 0 Å². The van der Waals surface area contributed by atoms with Gasteiger partial charge in [0, 0.05) is 0 Å². The molecule has 0 saturated carbocycles. The molecule has 56 heavy (non-hydrogen) atoms. The molecule has 0 aliphatic heterocycles. The van der Waals surface area contributed by atoms with Gasteiger partial charge in [-0.05, 0) is 0 Å². The second-order valence-corrected chi connectivity index (χ2v) is 37.7. The monoisotopic (exact) mass is 1150 g/mol. The van der Waals surface area contributed by atoms with Crippen LogP contribution in [-0.4, -0.2) is 11.0 Å². The minimum absolute atomic E-state index is 0. The van der Waals surface area contributed by atoms with Gasteiger partial charge < -0.3 is 24.8 Å². The van der Waals surface area contributed by atoms with Crippen molar-refractivity contribution < 1.29 is 70.8 Å². The standard InChI is InChI=1S/4C9H13.2C7H8Si.2ClH.2Hf/c4*1-9(2,3)8-6-4-5-7-8;2*1-8-7-5-3-2-4-6-7;;;;/h4*6-7H,4H2,1-3H3;2*2-6H,1H3;2*1H;;/q4*-1;;;;;2*+2/p-2. The number of halogens is 2. The van der Waals surface area contributed by atoms with Crippen LogP contribution in [0.5, 0.6) is 0 Å². The van der Waals surface area contributed by atoms with Crippen LogP contribution in [0.3, 0.4) is 0 Å². The average Bonchev–Trinajstić information content (AvgIpc) is 3.94. The smallest absolute Gasteiger partial charge is 1.00 e. The summed E-state index contributed by atoms with van der Waals surface area (Å²) in [5.74, 6) is 0. The number of hydrogen-bond donors (Lipinski definition) is 0. The largest absolute Gasteiger partial charge is 1.00 e. The molecular formula is C50H68Cl2Hf2Si2-2. The van der Waals surface area contributed by atoms with Gasteiger partial charge >= 0.3 is 141 Å². The SMILES string of the molecule is CC(C)(C)C1=CC[C-]=C1.CC(C)(C)C1=CC[C-]=C1.CC(C)(C)C1=CC[C-]=C1.CC(C)(C)C1=CC[C-]=C1.C[Si](=[Hf+2])c1ccccc1.C[Si](=[Hf+2])c1ccccc1.[Cl-].[Cl-]. The molecule has 300 valence electrons. The van der Waals surface area contributed by atoms with E-state index >= 15 is 0 Å². The van der Waals surface area contributed by atoms with Crippen LogP contribution in [0, 0.1) is 46.0 Å². The predicted octanol–water partition coefficient (Wildman–Crippen LogP) is 7.02. The zero-order valence-electron chi connectivity index (χ0n) is 37.0. The maximum atomic E-state index is 3.16. The zero-order chi connectivity index (χ0) is 41.0. The Morgan fingerprint density at radius 2 is 0.589 bits per heavy atom. The molecule has 2 aromatic carbocycles. The van der Waals surface area contributed by atoms with Crippen LogP contribution in [0.15, 0.2) is 132 Å². The van der Waals surface area contributed by atoms with Gasteiger partial charge in [-0.3, -0.25) is 24.3 Å². The van der Waals surface area contributed by atoms with Gasteiger partial charge in [-0.2, -0.15) is 46.6 Å². The van der Waals surface area contributed by atoms with E-state index in [1.54, 1.807) is 10.4 Å². The Bertz CT molecular complexity index is 1500. The molecule has 4 aliphatic rings. The summed E-state index contributed by atoms with van der Waals surface area (Å²) in [6.07, 6.45) is 34.0. The molecule has 6 rings (SSSR count). The van der Waals surface area contributed by atoms with E-state index in [9.17, 15) is 0 Å². The molecule has 0 aromatic heterocycles. The maximum Gasteiger partial charge on any atom is -1.00 e. The minimum atomic E-state index is -0.0733. The second kappa shape index (κ2) is 28.6. The normalized spacial score (nSPS) is 14.8. The summed E-state index contributed by atoms with van der Waals surface area (Å²) < 4.78 is 0. The van der Waals surface area contributed by atoms with Crippen molar-refractivity contribution in [1.29, 1.82) is 0 Å². The number of benzene rings is 2. The molecule has 0 fully saturated rings. The van der Waals surface area contributed by atoms with Gasteiger partial charge in [0.2, 0.25) is 0 Å². The van der Waals surface area contributed by atoms with E-state index in [2.05, 4.69) is 230 Å². The van der Waals surface area contributed by atoms with Gasteiger partial charge in [0.15, 0.2) is 0 Å². The Morgan fingerprint density at radius 1 is 0.393 bits per heavy atom. The molecule has 0 atom stereocenters. The van der Waals surface area contributed by atoms with Gasteiger partial charge in [-0.15, -0.1) is 25.7 Å². The van der Waals surface area contributed by atoms with Crippen molar-refractivity contribution in [3.8, 4) is 0 Å². The second-order valence-electron chi connectivity index (χ2n) is 17.8. The number of rotatable bonds is 2. The third kappa shape index (κ3) is 25.6. The summed E-state index contributed by atoms with van der Waals surface area (Å²) in [4.78, 5) is 0. The molecule has 4 aliphatic carbocycles. The van der Waals surface area contributed by atoms with Crippen LogP contribution in [0.4, 0.5) is 0 Å². The van der Waals surface area contributed by atoms with Gasteiger partial charge in [0.1, 0.15) is 0 Å². The van der Waals surface area contributed by atoms with Gasteiger partial charge in [-0.1, -0.05) is 105 Å². The predicted molar refractivity (Wildman–Crippen MR) is 235 cm³/mol. The van der Waals surface area contributed by atoms with E-state index in [1.165, 1.54) is 68.3 Å². The van der Waals surface area contributed by atoms with Crippen LogP contribution < -0.4 is 35.2 Å². The van der Waals surface area contributed by atoms with Crippen molar-refractivity contribution >= 4 is 21.4 Å². The third-order valence-electron chi connectivity index (χ3n) is 8.67. The van der Waals surface area contributed by atoms with Gasteiger partial charge in [-0.25, -0.2) is 24.3 Å². The van der Waals surface area contributed by atoms with E-state index in [-0.39, 0.29) is 35.8 Å². The topological polar surface area (TPSA) is 0 Å².